The van der Waals surface area contributed by atoms with Crippen LogP contribution in [0.4, 0.5) is 0 Å². The first kappa shape index (κ1) is 28.1. The molecule has 10 aromatic rings. The van der Waals surface area contributed by atoms with Gasteiger partial charge >= 0.3 is 0 Å². The number of hydrogen-bond donors (Lipinski definition) is 0. The second kappa shape index (κ2) is 11.4. The number of fused-ring (bicyclic) bond motifs is 6. The predicted octanol–water partition coefficient (Wildman–Crippen LogP) is 10.5. The zero-order valence-corrected chi connectivity index (χ0v) is 26.8. The number of para-hydroxylation sites is 3. The summed E-state index contributed by atoms with van der Waals surface area (Å²) >= 11 is 0. The van der Waals surface area contributed by atoms with Gasteiger partial charge in [-0.3, -0.25) is 4.57 Å². The molecule has 6 aromatic carbocycles. The zero-order chi connectivity index (χ0) is 33.0. The van der Waals surface area contributed by atoms with Gasteiger partial charge in [0.25, 0.3) is 0 Å². The first-order chi connectivity index (χ1) is 24.8. The van der Waals surface area contributed by atoms with E-state index in [9.17, 15) is 0 Å². The van der Waals surface area contributed by atoms with Crippen LogP contribution in [0.15, 0.2) is 170 Å². The van der Waals surface area contributed by atoms with Crippen LogP contribution >= 0.6 is 0 Å². The van der Waals surface area contributed by atoms with Gasteiger partial charge in [0.15, 0.2) is 5.82 Å². The van der Waals surface area contributed by atoms with Crippen LogP contribution in [-0.2, 0) is 0 Å². The third-order valence-electron chi connectivity index (χ3n) is 9.44. The molecule has 0 aliphatic rings. The van der Waals surface area contributed by atoms with E-state index in [1.807, 2.05) is 54.9 Å². The van der Waals surface area contributed by atoms with Gasteiger partial charge in [-0.2, -0.15) is 0 Å². The molecule has 234 valence electrons. The number of benzene rings is 6. The molecule has 0 atom stereocenters. The molecule has 0 unspecified atom stereocenters. The van der Waals surface area contributed by atoms with Gasteiger partial charge in [-0.1, -0.05) is 115 Å². The lowest BCUT2D eigenvalue weighted by molar-refractivity contribution is 0.985. The number of hydrogen-bond acceptors (Lipinski definition) is 4. The Morgan fingerprint density at radius 1 is 0.360 bits per heavy atom. The van der Waals surface area contributed by atoms with Crippen LogP contribution in [0.25, 0.3) is 89.2 Å². The van der Waals surface area contributed by atoms with E-state index in [0.29, 0.717) is 11.8 Å². The molecule has 0 spiro atoms. The monoisotopic (exact) mass is 640 g/mol. The van der Waals surface area contributed by atoms with Gasteiger partial charge < -0.3 is 4.57 Å². The summed E-state index contributed by atoms with van der Waals surface area (Å²) in [5.41, 5.74) is 10.00. The maximum Gasteiger partial charge on any atom is 0.234 e. The second-order valence-electron chi connectivity index (χ2n) is 12.4. The molecule has 50 heavy (non-hydrogen) atoms. The highest BCUT2D eigenvalue weighted by Crippen LogP contribution is 2.39. The van der Waals surface area contributed by atoms with E-state index < -0.39 is 0 Å². The smallest absolute Gasteiger partial charge is 0.234 e. The molecule has 0 fully saturated rings. The third kappa shape index (κ3) is 4.50. The van der Waals surface area contributed by atoms with Gasteiger partial charge in [-0.25, -0.2) is 19.9 Å². The van der Waals surface area contributed by atoms with Crippen LogP contribution in [0, 0.1) is 0 Å². The average Bonchev–Trinajstić information content (AvgIpc) is 3.70. The highest BCUT2D eigenvalue weighted by Gasteiger charge is 2.19. The molecular weight excluding hydrogens is 613 g/mol. The van der Waals surface area contributed by atoms with E-state index in [4.69, 9.17) is 19.9 Å². The molecule has 10 rings (SSSR count). The molecule has 6 heteroatoms. The third-order valence-corrected chi connectivity index (χ3v) is 9.44. The number of nitrogens with zero attached hydrogens (tertiary/aromatic N) is 6. The summed E-state index contributed by atoms with van der Waals surface area (Å²) in [5, 5.41) is 4.74. The fourth-order valence-electron chi connectivity index (χ4n) is 7.14. The van der Waals surface area contributed by atoms with Crippen LogP contribution in [-0.4, -0.2) is 29.1 Å². The Morgan fingerprint density at radius 2 is 0.840 bits per heavy atom. The van der Waals surface area contributed by atoms with Crippen molar-refractivity contribution in [2.45, 2.75) is 0 Å². The summed E-state index contributed by atoms with van der Waals surface area (Å²) in [7, 11) is 0. The van der Waals surface area contributed by atoms with Gasteiger partial charge in [0, 0.05) is 50.8 Å². The SMILES string of the molecule is c1ccc(-c2cc(-c3ccccc3)nc(-c3cnc(-n4c5ccccc5c5cc6c7ccccc7n(-c7ccccc7)c6cc54)nc3)n2)cc1. The van der Waals surface area contributed by atoms with Crippen molar-refractivity contribution in [1.82, 2.24) is 29.1 Å². The van der Waals surface area contributed by atoms with Gasteiger partial charge in [-0.05, 0) is 42.5 Å². The van der Waals surface area contributed by atoms with E-state index in [0.717, 1.165) is 61.1 Å². The minimum absolute atomic E-state index is 0.577. The normalized spacial score (nSPS) is 11.6. The summed E-state index contributed by atoms with van der Waals surface area (Å²) in [6.07, 6.45) is 3.67. The zero-order valence-electron chi connectivity index (χ0n) is 26.8. The van der Waals surface area contributed by atoms with Crippen molar-refractivity contribution < 1.29 is 0 Å². The van der Waals surface area contributed by atoms with Gasteiger partial charge in [0.2, 0.25) is 5.95 Å². The van der Waals surface area contributed by atoms with Gasteiger partial charge in [0.05, 0.1) is 39.0 Å². The highest BCUT2D eigenvalue weighted by atomic mass is 15.2. The summed E-state index contributed by atoms with van der Waals surface area (Å²) in [4.78, 5) is 19.9. The molecule has 4 aromatic heterocycles. The molecule has 0 radical (unpaired) electrons. The van der Waals surface area contributed by atoms with E-state index >= 15 is 0 Å². The molecule has 0 aliphatic carbocycles. The van der Waals surface area contributed by atoms with Crippen LogP contribution in [0.1, 0.15) is 0 Å². The lowest BCUT2D eigenvalue weighted by Gasteiger charge is -2.10. The average molecular weight is 641 g/mol. The van der Waals surface area contributed by atoms with Crippen molar-refractivity contribution in [2.24, 2.45) is 0 Å². The molecule has 4 heterocycles. The van der Waals surface area contributed by atoms with Gasteiger partial charge in [0.1, 0.15) is 0 Å². The summed E-state index contributed by atoms with van der Waals surface area (Å²) < 4.78 is 4.51. The van der Waals surface area contributed by atoms with Crippen molar-refractivity contribution in [3.05, 3.63) is 170 Å². The molecule has 0 saturated heterocycles. The van der Waals surface area contributed by atoms with Crippen LogP contribution in [0.5, 0.6) is 0 Å². The molecule has 6 nitrogen and oxygen atoms in total. The summed E-state index contributed by atoms with van der Waals surface area (Å²) in [6, 6.07) is 54.7. The molecule has 0 bridgehead atoms. The van der Waals surface area contributed by atoms with Crippen molar-refractivity contribution in [1.29, 1.82) is 0 Å². The van der Waals surface area contributed by atoms with Crippen LogP contribution in [0.3, 0.4) is 0 Å². The molecular formula is C44H28N6. The Morgan fingerprint density at radius 3 is 1.42 bits per heavy atom. The van der Waals surface area contributed by atoms with E-state index in [1.165, 1.54) is 16.3 Å². The Labute approximate surface area is 287 Å². The number of aromatic nitrogens is 6. The first-order valence-electron chi connectivity index (χ1n) is 16.6. The lowest BCUT2D eigenvalue weighted by Crippen LogP contribution is -2.02. The summed E-state index contributed by atoms with van der Waals surface area (Å²) in [6.45, 7) is 0. The van der Waals surface area contributed by atoms with E-state index in [1.54, 1.807) is 0 Å². The fourth-order valence-corrected chi connectivity index (χ4v) is 7.14. The number of rotatable bonds is 5. The molecule has 0 aliphatic heterocycles. The quantitative estimate of drug-likeness (QED) is 0.188. The minimum Gasteiger partial charge on any atom is -0.309 e. The second-order valence-corrected chi connectivity index (χ2v) is 12.4. The Hall–Kier alpha value is -6.92. The van der Waals surface area contributed by atoms with E-state index in [-0.39, 0.29) is 0 Å². The van der Waals surface area contributed by atoms with Crippen molar-refractivity contribution in [2.75, 3.05) is 0 Å². The van der Waals surface area contributed by atoms with Gasteiger partial charge in [-0.15, -0.1) is 0 Å². The molecule has 0 amide bonds. The topological polar surface area (TPSA) is 61.4 Å². The molecule has 0 N–H and O–H groups in total. The fraction of sp³-hybridized carbons (Fsp3) is 0. The standard InChI is InChI=1S/C44H28N6/c1-4-14-29(15-5-1)37-25-38(30-16-6-2-7-17-30)48-43(47-37)31-27-45-44(46-28-31)50-40-23-13-11-21-34(40)36-24-35-33-20-10-12-22-39(33)49(41(35)26-42(36)50)32-18-8-3-9-19-32/h1-28H. The summed E-state index contributed by atoms with van der Waals surface area (Å²) in [5.74, 6) is 1.16. The Kier molecular flexibility index (Phi) is 6.39. The van der Waals surface area contributed by atoms with Crippen LogP contribution in [0.2, 0.25) is 0 Å². The first-order valence-corrected chi connectivity index (χ1v) is 16.6. The van der Waals surface area contributed by atoms with Crippen molar-refractivity contribution in [3.63, 3.8) is 0 Å². The molecule has 0 saturated carbocycles. The largest absolute Gasteiger partial charge is 0.309 e. The minimum atomic E-state index is 0.577. The highest BCUT2D eigenvalue weighted by molar-refractivity contribution is 6.19. The van der Waals surface area contributed by atoms with Crippen molar-refractivity contribution >= 4 is 43.6 Å². The maximum absolute atomic E-state index is 4.98. The Balaban J connectivity index is 1.17. The Bertz CT molecular complexity index is 2780. The maximum atomic E-state index is 4.98. The lowest BCUT2D eigenvalue weighted by atomic mass is 10.1. The van der Waals surface area contributed by atoms with E-state index in [2.05, 4.69) is 124 Å². The predicted molar refractivity (Wildman–Crippen MR) is 203 cm³/mol. The van der Waals surface area contributed by atoms with Crippen molar-refractivity contribution in [3.8, 4) is 45.5 Å². The van der Waals surface area contributed by atoms with Crippen LogP contribution < -0.4 is 0 Å².